The molecule has 0 aromatic rings. The molecule has 0 saturated heterocycles. The Morgan fingerprint density at radius 2 is 1.83 bits per heavy atom. The van der Waals surface area contributed by atoms with Crippen LogP contribution in [-0.2, 0) is 23.9 Å². The molecular weight excluding hydrogens is 308 g/mol. The average molecular weight is 336 g/mol. The monoisotopic (exact) mass is 336 g/mol. The Balaban J connectivity index is 2.31. The number of carbonyl (C=O) groups excluding carboxylic acids is 3. The number of fused-ring (bicyclic) bond motifs is 2. The molecule has 5 nitrogen and oxygen atoms in total. The molecule has 0 amide bonds. The van der Waals surface area contributed by atoms with Crippen LogP contribution in [0.4, 0.5) is 0 Å². The van der Waals surface area contributed by atoms with Crippen LogP contribution in [0.25, 0.3) is 0 Å². The second kappa shape index (κ2) is 6.69. The maximum absolute atomic E-state index is 12.9. The van der Waals surface area contributed by atoms with Gasteiger partial charge >= 0.3 is 11.9 Å². The highest BCUT2D eigenvalue weighted by Crippen LogP contribution is 2.65. The Bertz CT molecular complexity index is 574. The molecule has 2 saturated carbocycles. The molecule has 2 rings (SSSR count). The maximum atomic E-state index is 12.9. The summed E-state index contributed by atoms with van der Waals surface area (Å²) in [5.74, 6) is -1.44. The van der Waals surface area contributed by atoms with Gasteiger partial charge in [0.05, 0.1) is 25.6 Å². The van der Waals surface area contributed by atoms with Gasteiger partial charge in [0.15, 0.2) is 5.78 Å². The molecule has 0 heterocycles. The molecule has 0 aliphatic heterocycles. The summed E-state index contributed by atoms with van der Waals surface area (Å²) in [6.45, 7) is 10.2. The van der Waals surface area contributed by atoms with E-state index in [-0.39, 0.29) is 42.2 Å². The van der Waals surface area contributed by atoms with E-state index in [1.807, 2.05) is 6.92 Å². The van der Waals surface area contributed by atoms with Crippen molar-refractivity contribution in [1.29, 1.82) is 0 Å². The van der Waals surface area contributed by atoms with Gasteiger partial charge < -0.3 is 9.47 Å². The minimum Gasteiger partial charge on any atom is -0.466 e. The largest absolute Gasteiger partial charge is 0.466 e. The van der Waals surface area contributed by atoms with Gasteiger partial charge in [-0.2, -0.15) is 0 Å². The van der Waals surface area contributed by atoms with Crippen LogP contribution >= 0.6 is 0 Å². The summed E-state index contributed by atoms with van der Waals surface area (Å²) in [5, 5.41) is 0. The molecule has 3 atom stereocenters. The fourth-order valence-electron chi connectivity index (χ4n) is 4.20. The van der Waals surface area contributed by atoms with Gasteiger partial charge in [0.2, 0.25) is 0 Å². The van der Waals surface area contributed by atoms with E-state index in [1.54, 1.807) is 19.9 Å². The first-order chi connectivity index (χ1) is 11.2. The van der Waals surface area contributed by atoms with E-state index in [9.17, 15) is 14.4 Å². The molecule has 0 N–H and O–H groups in total. The Morgan fingerprint density at radius 3 is 2.33 bits per heavy atom. The van der Waals surface area contributed by atoms with Crippen LogP contribution in [0.5, 0.6) is 0 Å². The average Bonchev–Trinajstić information content (AvgIpc) is 2.81. The molecular formula is C19H28O5. The Morgan fingerprint density at radius 1 is 1.21 bits per heavy atom. The molecule has 0 radical (unpaired) electrons. The van der Waals surface area contributed by atoms with Crippen molar-refractivity contribution in [2.45, 2.75) is 53.9 Å². The zero-order valence-corrected chi connectivity index (χ0v) is 15.3. The fourth-order valence-corrected chi connectivity index (χ4v) is 4.20. The summed E-state index contributed by atoms with van der Waals surface area (Å²) < 4.78 is 10.0. The van der Waals surface area contributed by atoms with E-state index in [2.05, 4.69) is 13.8 Å². The lowest BCUT2D eigenvalue weighted by Gasteiger charge is -2.31. The fraction of sp³-hybridized carbons (Fsp3) is 0.737. The highest BCUT2D eigenvalue weighted by atomic mass is 16.5. The summed E-state index contributed by atoms with van der Waals surface area (Å²) in [6, 6.07) is 0. The van der Waals surface area contributed by atoms with Crippen LogP contribution in [0.3, 0.4) is 0 Å². The number of hydrogen-bond donors (Lipinski definition) is 0. The lowest BCUT2D eigenvalue weighted by molar-refractivity contribution is -0.153. The minimum absolute atomic E-state index is 0.0900. The van der Waals surface area contributed by atoms with Crippen molar-refractivity contribution in [3.63, 3.8) is 0 Å². The molecule has 2 fully saturated rings. The minimum atomic E-state index is -0.762. The van der Waals surface area contributed by atoms with E-state index >= 15 is 0 Å². The number of ether oxygens (including phenoxy) is 2. The Hall–Kier alpha value is -1.65. The molecule has 0 spiro atoms. The summed E-state index contributed by atoms with van der Waals surface area (Å²) in [6.07, 6.45) is 3.40. The lowest BCUT2D eigenvalue weighted by Crippen LogP contribution is -2.32. The molecule has 5 heteroatoms. The Labute approximate surface area is 143 Å². The summed E-state index contributed by atoms with van der Waals surface area (Å²) in [4.78, 5) is 37.0. The highest BCUT2D eigenvalue weighted by Gasteiger charge is 2.64. The first-order valence-corrected chi connectivity index (χ1v) is 8.77. The summed E-state index contributed by atoms with van der Waals surface area (Å²) in [5.41, 5.74) is 0.183. The topological polar surface area (TPSA) is 69.7 Å². The van der Waals surface area contributed by atoms with Crippen LogP contribution in [0.1, 0.15) is 53.9 Å². The van der Waals surface area contributed by atoms with E-state index in [4.69, 9.17) is 9.47 Å². The quantitative estimate of drug-likeness (QED) is 0.551. The second-order valence-corrected chi connectivity index (χ2v) is 7.46. The Kier molecular flexibility index (Phi) is 5.21. The van der Waals surface area contributed by atoms with Crippen molar-refractivity contribution >= 4 is 17.7 Å². The van der Waals surface area contributed by atoms with Crippen LogP contribution in [0.15, 0.2) is 11.6 Å². The van der Waals surface area contributed by atoms with Crippen LogP contribution in [0.2, 0.25) is 0 Å². The van der Waals surface area contributed by atoms with Gasteiger partial charge in [-0.3, -0.25) is 14.4 Å². The maximum Gasteiger partial charge on any atom is 0.313 e. The molecule has 2 bridgehead atoms. The van der Waals surface area contributed by atoms with Gasteiger partial charge in [-0.05, 0) is 43.6 Å². The molecule has 2 aliphatic carbocycles. The van der Waals surface area contributed by atoms with Crippen molar-refractivity contribution in [3.8, 4) is 0 Å². The third kappa shape index (κ3) is 2.89. The number of allylic oxidation sites excluding steroid dienone is 1. The number of ketones is 1. The smallest absolute Gasteiger partial charge is 0.313 e. The van der Waals surface area contributed by atoms with Crippen molar-refractivity contribution in [2.75, 3.05) is 13.2 Å². The number of esters is 2. The van der Waals surface area contributed by atoms with E-state index in [0.29, 0.717) is 5.57 Å². The first-order valence-electron chi connectivity index (χ1n) is 8.77. The summed E-state index contributed by atoms with van der Waals surface area (Å²) in [7, 11) is 0. The molecule has 0 aromatic heterocycles. The van der Waals surface area contributed by atoms with Crippen molar-refractivity contribution in [1.82, 2.24) is 0 Å². The van der Waals surface area contributed by atoms with Gasteiger partial charge in [-0.25, -0.2) is 0 Å². The van der Waals surface area contributed by atoms with Gasteiger partial charge in [0, 0.05) is 5.41 Å². The van der Waals surface area contributed by atoms with Crippen LogP contribution in [0, 0.1) is 22.7 Å². The van der Waals surface area contributed by atoms with Gasteiger partial charge in [0.25, 0.3) is 0 Å². The van der Waals surface area contributed by atoms with E-state index in [0.717, 1.165) is 12.8 Å². The van der Waals surface area contributed by atoms with Crippen LogP contribution < -0.4 is 0 Å². The number of rotatable bonds is 6. The molecule has 134 valence electrons. The molecule has 2 aliphatic rings. The first kappa shape index (κ1) is 18.7. The molecule has 0 aromatic carbocycles. The number of Topliss-reactive ketones (excluding diaryl/α,β-unsaturated/α-hetero) is 1. The highest BCUT2D eigenvalue weighted by molar-refractivity contribution is 6.05. The second-order valence-electron chi connectivity index (χ2n) is 7.46. The molecule has 24 heavy (non-hydrogen) atoms. The lowest BCUT2D eigenvalue weighted by atomic mass is 9.70. The SMILES string of the molecule is CCOC(=O)C[C@H](/C=C1/C(=O)[C@@]2(C)CC[C@H]1C2(C)C)C(=O)OCC. The molecule has 0 unspecified atom stereocenters. The van der Waals surface area contributed by atoms with E-state index in [1.165, 1.54) is 0 Å². The standard InChI is InChI=1S/C19H28O5/c1-6-23-15(20)11-12(17(22)24-7-2)10-13-14-8-9-19(5,16(13)21)18(14,3)4/h10,12,14H,6-9,11H2,1-5H3/b13-10+/t12-,14+,19+/m0/s1. The number of hydrogen-bond acceptors (Lipinski definition) is 5. The third-order valence-electron chi connectivity index (χ3n) is 6.03. The van der Waals surface area contributed by atoms with Gasteiger partial charge in [0.1, 0.15) is 0 Å². The van der Waals surface area contributed by atoms with Gasteiger partial charge in [-0.15, -0.1) is 0 Å². The normalized spacial score (nSPS) is 30.5. The van der Waals surface area contributed by atoms with Crippen molar-refractivity contribution < 1.29 is 23.9 Å². The predicted molar refractivity (Wildman–Crippen MR) is 89.1 cm³/mol. The van der Waals surface area contributed by atoms with Gasteiger partial charge in [-0.1, -0.05) is 26.8 Å². The van der Waals surface area contributed by atoms with Crippen molar-refractivity contribution in [3.05, 3.63) is 11.6 Å². The van der Waals surface area contributed by atoms with Crippen LogP contribution in [-0.4, -0.2) is 30.9 Å². The predicted octanol–water partition coefficient (Wildman–Crippen LogP) is 3.07. The zero-order chi connectivity index (χ0) is 18.1. The summed E-state index contributed by atoms with van der Waals surface area (Å²) >= 11 is 0. The third-order valence-corrected chi connectivity index (χ3v) is 6.03. The van der Waals surface area contributed by atoms with E-state index < -0.39 is 17.9 Å². The zero-order valence-electron chi connectivity index (χ0n) is 15.3. The van der Waals surface area contributed by atoms with Crippen molar-refractivity contribution in [2.24, 2.45) is 22.7 Å². The number of carbonyl (C=O) groups is 3.